The summed E-state index contributed by atoms with van der Waals surface area (Å²) in [6, 6.07) is 3.18. The van der Waals surface area contributed by atoms with Gasteiger partial charge in [-0.3, -0.25) is 4.98 Å². The molecule has 0 bridgehead atoms. The second-order valence-corrected chi connectivity index (χ2v) is 5.20. The fourth-order valence-electron chi connectivity index (χ4n) is 1.81. The fourth-order valence-corrected chi connectivity index (χ4v) is 2.84. The summed E-state index contributed by atoms with van der Waals surface area (Å²) >= 11 is 1.41. The Bertz CT molecular complexity index is 569. The molecule has 0 atom stereocenters. The molecule has 1 N–H and O–H groups in total. The maximum absolute atomic E-state index is 13.8. The molecule has 2 rings (SSSR count). The van der Waals surface area contributed by atoms with Crippen molar-refractivity contribution >= 4 is 11.8 Å². The molecule has 0 aliphatic rings. The number of nitrogens with zero attached hydrogens (tertiary/aromatic N) is 2. The van der Waals surface area contributed by atoms with Gasteiger partial charge in [-0.1, -0.05) is 6.92 Å². The van der Waals surface area contributed by atoms with E-state index in [0.717, 1.165) is 17.7 Å². The normalized spacial score (nSPS) is 10.7. The number of aromatic hydroxyl groups is 1. The van der Waals surface area contributed by atoms with Crippen molar-refractivity contribution in [3.63, 3.8) is 0 Å². The third kappa shape index (κ3) is 3.44. The Hall–Kier alpha value is -1.62. The smallest absolute Gasteiger partial charge is 0.145 e. The van der Waals surface area contributed by atoms with Crippen LogP contribution in [0.2, 0.25) is 0 Å². The van der Waals surface area contributed by atoms with Crippen LogP contribution in [0.3, 0.4) is 0 Å². The zero-order chi connectivity index (χ0) is 13.8. The lowest BCUT2D eigenvalue weighted by atomic mass is 10.1. The van der Waals surface area contributed by atoms with E-state index in [0.29, 0.717) is 16.3 Å². The molecule has 0 radical (unpaired) electrons. The van der Waals surface area contributed by atoms with E-state index in [1.165, 1.54) is 18.0 Å². The largest absolute Gasteiger partial charge is 0.508 e. The molecule has 0 aliphatic carbocycles. The molecule has 0 saturated heterocycles. The quantitative estimate of drug-likeness (QED) is 0.870. The number of thioether (sulfide) groups is 1. The highest BCUT2D eigenvalue weighted by Crippen LogP contribution is 2.27. The molecule has 0 aliphatic heterocycles. The van der Waals surface area contributed by atoms with Crippen molar-refractivity contribution < 1.29 is 9.50 Å². The van der Waals surface area contributed by atoms with Crippen molar-refractivity contribution in [3.05, 3.63) is 47.2 Å². The average molecular weight is 278 g/mol. The number of hydrogen-bond acceptors (Lipinski definition) is 4. The Morgan fingerprint density at radius 3 is 2.79 bits per heavy atom. The molecule has 0 saturated carbocycles. The van der Waals surface area contributed by atoms with Crippen LogP contribution in [-0.2, 0) is 12.2 Å². The predicted molar refractivity (Wildman–Crippen MR) is 73.8 cm³/mol. The van der Waals surface area contributed by atoms with Gasteiger partial charge in [-0.2, -0.15) is 0 Å². The van der Waals surface area contributed by atoms with E-state index < -0.39 is 0 Å². The molecule has 2 aromatic heterocycles. The number of aromatic nitrogens is 2. The number of aryl methyl sites for hydroxylation is 2. The van der Waals surface area contributed by atoms with E-state index >= 15 is 0 Å². The van der Waals surface area contributed by atoms with Crippen molar-refractivity contribution in [2.45, 2.75) is 31.0 Å². The third-order valence-electron chi connectivity index (χ3n) is 2.75. The molecule has 0 fully saturated rings. The first-order valence-electron chi connectivity index (χ1n) is 6.02. The van der Waals surface area contributed by atoms with Crippen molar-refractivity contribution in [3.8, 4) is 5.75 Å². The number of rotatable bonds is 4. The minimum absolute atomic E-state index is 0.181. The molecular weight excluding hydrogens is 263 g/mol. The third-order valence-corrected chi connectivity index (χ3v) is 3.69. The van der Waals surface area contributed by atoms with Gasteiger partial charge in [-0.25, -0.2) is 9.37 Å². The van der Waals surface area contributed by atoms with E-state index in [1.54, 1.807) is 18.3 Å². The van der Waals surface area contributed by atoms with Crippen LogP contribution in [0.15, 0.2) is 29.6 Å². The topological polar surface area (TPSA) is 46.0 Å². The second kappa shape index (κ2) is 6.02. The standard InChI is InChI=1S/C14H15FN2OS/c1-3-10-6-16-7-13(15)12(10)8-19-14-5-11(18)4-9(2)17-14/h4-7H,3,8H2,1-2H3,(H,17,18). The summed E-state index contributed by atoms with van der Waals surface area (Å²) in [5.74, 6) is 0.373. The van der Waals surface area contributed by atoms with Crippen LogP contribution < -0.4 is 0 Å². The SMILES string of the molecule is CCc1cncc(F)c1CSc1cc(O)cc(C)n1. The van der Waals surface area contributed by atoms with Crippen molar-refractivity contribution in [2.24, 2.45) is 0 Å². The summed E-state index contributed by atoms with van der Waals surface area (Å²) in [7, 11) is 0. The van der Waals surface area contributed by atoms with E-state index in [2.05, 4.69) is 9.97 Å². The van der Waals surface area contributed by atoms with E-state index in [9.17, 15) is 9.50 Å². The molecule has 100 valence electrons. The fraction of sp³-hybridized carbons (Fsp3) is 0.286. The van der Waals surface area contributed by atoms with Gasteiger partial charge in [-0.15, -0.1) is 11.8 Å². The summed E-state index contributed by atoms with van der Waals surface area (Å²) in [6.45, 7) is 3.79. The molecule has 2 heterocycles. The minimum atomic E-state index is -0.288. The van der Waals surface area contributed by atoms with Crippen molar-refractivity contribution in [2.75, 3.05) is 0 Å². The number of hydrogen-bond donors (Lipinski definition) is 1. The molecular formula is C14H15FN2OS. The first-order valence-corrected chi connectivity index (χ1v) is 7.00. The van der Waals surface area contributed by atoms with Crippen LogP contribution in [0.4, 0.5) is 4.39 Å². The lowest BCUT2D eigenvalue weighted by Gasteiger charge is -2.08. The van der Waals surface area contributed by atoms with Crippen LogP contribution in [0.1, 0.15) is 23.7 Å². The molecule has 3 nitrogen and oxygen atoms in total. The Labute approximate surface area is 115 Å². The van der Waals surface area contributed by atoms with Crippen LogP contribution in [-0.4, -0.2) is 15.1 Å². The Kier molecular flexibility index (Phi) is 4.37. The van der Waals surface area contributed by atoms with Gasteiger partial charge in [0.1, 0.15) is 16.6 Å². The zero-order valence-corrected chi connectivity index (χ0v) is 11.7. The summed E-state index contributed by atoms with van der Waals surface area (Å²) in [4.78, 5) is 8.16. The van der Waals surface area contributed by atoms with Crippen LogP contribution in [0.25, 0.3) is 0 Å². The van der Waals surface area contributed by atoms with Crippen molar-refractivity contribution in [1.82, 2.24) is 9.97 Å². The van der Waals surface area contributed by atoms with Crippen LogP contribution in [0, 0.1) is 12.7 Å². The van der Waals surface area contributed by atoms with Gasteiger partial charge in [0.25, 0.3) is 0 Å². The summed E-state index contributed by atoms with van der Waals surface area (Å²) in [6.07, 6.45) is 3.67. The Morgan fingerprint density at radius 1 is 1.32 bits per heavy atom. The molecule has 19 heavy (non-hydrogen) atoms. The van der Waals surface area contributed by atoms with Crippen LogP contribution >= 0.6 is 11.8 Å². The van der Waals surface area contributed by atoms with Crippen molar-refractivity contribution in [1.29, 1.82) is 0 Å². The summed E-state index contributed by atoms with van der Waals surface area (Å²) in [5, 5.41) is 10.2. The molecule has 0 spiro atoms. The maximum atomic E-state index is 13.8. The molecule has 0 unspecified atom stereocenters. The molecule has 0 amide bonds. The maximum Gasteiger partial charge on any atom is 0.145 e. The lowest BCUT2D eigenvalue weighted by Crippen LogP contribution is -1.97. The first-order chi connectivity index (χ1) is 9.10. The van der Waals surface area contributed by atoms with E-state index in [4.69, 9.17) is 0 Å². The highest BCUT2D eigenvalue weighted by atomic mass is 32.2. The predicted octanol–water partition coefficient (Wildman–Crippen LogP) is 3.48. The minimum Gasteiger partial charge on any atom is -0.508 e. The van der Waals surface area contributed by atoms with Crippen LogP contribution in [0.5, 0.6) is 5.75 Å². The van der Waals surface area contributed by atoms with Gasteiger partial charge < -0.3 is 5.11 Å². The highest BCUT2D eigenvalue weighted by Gasteiger charge is 2.09. The van der Waals surface area contributed by atoms with E-state index in [-0.39, 0.29) is 11.6 Å². The summed E-state index contributed by atoms with van der Waals surface area (Å²) in [5.41, 5.74) is 2.31. The molecule has 2 aromatic rings. The number of pyridine rings is 2. The monoisotopic (exact) mass is 278 g/mol. The average Bonchev–Trinajstić information content (AvgIpc) is 2.36. The zero-order valence-electron chi connectivity index (χ0n) is 10.9. The molecule has 5 heteroatoms. The van der Waals surface area contributed by atoms with Gasteiger partial charge in [0, 0.05) is 35.3 Å². The first kappa shape index (κ1) is 13.8. The van der Waals surface area contributed by atoms with Gasteiger partial charge in [0.2, 0.25) is 0 Å². The van der Waals surface area contributed by atoms with Gasteiger partial charge in [-0.05, 0) is 18.9 Å². The highest BCUT2D eigenvalue weighted by molar-refractivity contribution is 7.98. The van der Waals surface area contributed by atoms with Gasteiger partial charge in [0.05, 0.1) is 6.20 Å². The Morgan fingerprint density at radius 2 is 2.11 bits per heavy atom. The second-order valence-electron chi connectivity index (χ2n) is 4.21. The summed E-state index contributed by atoms with van der Waals surface area (Å²) < 4.78 is 13.8. The number of halogens is 1. The Balaban J connectivity index is 2.18. The van der Waals surface area contributed by atoms with Gasteiger partial charge >= 0.3 is 0 Å². The lowest BCUT2D eigenvalue weighted by molar-refractivity contribution is 0.471. The van der Waals surface area contributed by atoms with E-state index in [1.807, 2.05) is 13.8 Å². The molecule has 0 aromatic carbocycles. The van der Waals surface area contributed by atoms with Gasteiger partial charge in [0.15, 0.2) is 0 Å².